The third-order valence-corrected chi connectivity index (χ3v) is 4.13. The van der Waals surface area contributed by atoms with Crippen LogP contribution in [-0.2, 0) is 9.59 Å². The number of nitrogens with zero attached hydrogens (tertiary/aromatic N) is 1. The van der Waals surface area contributed by atoms with Crippen LogP contribution in [0.25, 0.3) is 0 Å². The maximum atomic E-state index is 11.2. The van der Waals surface area contributed by atoms with Crippen LogP contribution in [0, 0.1) is 5.92 Å². The van der Waals surface area contributed by atoms with E-state index in [-0.39, 0.29) is 12.6 Å². The fourth-order valence-corrected chi connectivity index (χ4v) is 3.40. The molecule has 5 heteroatoms. The van der Waals surface area contributed by atoms with Gasteiger partial charge in [-0.15, -0.1) is 0 Å². The largest absolute Gasteiger partial charge is 0.480 e. The second-order valence-corrected chi connectivity index (χ2v) is 5.18. The van der Waals surface area contributed by atoms with Crippen LogP contribution in [0.5, 0.6) is 0 Å². The maximum Gasteiger partial charge on any atom is 0.320 e. The van der Waals surface area contributed by atoms with E-state index < -0.39 is 17.9 Å². The van der Waals surface area contributed by atoms with Gasteiger partial charge < -0.3 is 10.8 Å². The number of amides is 1. The van der Waals surface area contributed by atoms with Crippen LogP contribution in [0.2, 0.25) is 0 Å². The standard InChI is InChI=1S/C12H20N2O3/c13-11(15)7-14-9-4-2-1-3-8(9)5-6-10(14)12(16)17/h8-10H,1-7H2,(H2,13,15)(H,16,17). The summed E-state index contributed by atoms with van der Waals surface area (Å²) in [7, 11) is 0. The van der Waals surface area contributed by atoms with Crippen molar-refractivity contribution >= 4 is 11.9 Å². The average Bonchev–Trinajstić information content (AvgIpc) is 2.28. The predicted molar refractivity (Wildman–Crippen MR) is 62.3 cm³/mol. The lowest BCUT2D eigenvalue weighted by atomic mass is 9.76. The van der Waals surface area contributed by atoms with Crippen molar-refractivity contribution in [3.8, 4) is 0 Å². The molecule has 2 aliphatic rings. The molecule has 0 radical (unpaired) electrons. The number of piperidine rings is 1. The van der Waals surface area contributed by atoms with Gasteiger partial charge in [0.25, 0.3) is 0 Å². The number of hydrogen-bond donors (Lipinski definition) is 2. The zero-order chi connectivity index (χ0) is 12.4. The molecule has 5 nitrogen and oxygen atoms in total. The molecule has 1 heterocycles. The Morgan fingerprint density at radius 1 is 1.18 bits per heavy atom. The maximum absolute atomic E-state index is 11.2. The van der Waals surface area contributed by atoms with Crippen molar-refractivity contribution < 1.29 is 14.7 Å². The fraction of sp³-hybridized carbons (Fsp3) is 0.833. The SMILES string of the molecule is NC(=O)CN1C(C(=O)O)CCC2CCCCC21. The number of carbonyl (C=O) groups excluding carboxylic acids is 1. The smallest absolute Gasteiger partial charge is 0.320 e. The molecule has 96 valence electrons. The average molecular weight is 240 g/mol. The first-order valence-corrected chi connectivity index (χ1v) is 6.36. The molecule has 3 unspecified atom stereocenters. The summed E-state index contributed by atoms with van der Waals surface area (Å²) in [6.07, 6.45) is 6.13. The number of carbonyl (C=O) groups is 2. The minimum absolute atomic E-state index is 0.0815. The molecule has 2 fully saturated rings. The van der Waals surface area contributed by atoms with Crippen LogP contribution in [0.4, 0.5) is 0 Å². The van der Waals surface area contributed by atoms with Crippen LogP contribution in [0.15, 0.2) is 0 Å². The zero-order valence-corrected chi connectivity index (χ0v) is 9.97. The highest BCUT2D eigenvalue weighted by Gasteiger charge is 2.41. The van der Waals surface area contributed by atoms with Gasteiger partial charge >= 0.3 is 5.97 Å². The molecule has 3 N–H and O–H groups in total. The van der Waals surface area contributed by atoms with Crippen LogP contribution in [0.3, 0.4) is 0 Å². The number of hydrogen-bond acceptors (Lipinski definition) is 3. The summed E-state index contributed by atoms with van der Waals surface area (Å²) in [5.41, 5.74) is 5.23. The normalized spacial score (nSPS) is 34.0. The van der Waals surface area contributed by atoms with Gasteiger partial charge in [-0.3, -0.25) is 14.5 Å². The van der Waals surface area contributed by atoms with Gasteiger partial charge in [0.1, 0.15) is 6.04 Å². The Hall–Kier alpha value is -1.10. The first-order valence-electron chi connectivity index (χ1n) is 6.36. The number of likely N-dealkylation sites (tertiary alicyclic amines) is 1. The lowest BCUT2D eigenvalue weighted by Gasteiger charge is -2.46. The van der Waals surface area contributed by atoms with Crippen molar-refractivity contribution in [2.75, 3.05) is 6.54 Å². The van der Waals surface area contributed by atoms with Gasteiger partial charge in [0, 0.05) is 6.04 Å². The van der Waals surface area contributed by atoms with Crippen molar-refractivity contribution in [1.29, 1.82) is 0 Å². The second-order valence-electron chi connectivity index (χ2n) is 5.18. The van der Waals surface area contributed by atoms with E-state index in [1.165, 1.54) is 6.42 Å². The first kappa shape index (κ1) is 12.4. The van der Waals surface area contributed by atoms with Crippen LogP contribution >= 0.6 is 0 Å². The van der Waals surface area contributed by atoms with Crippen molar-refractivity contribution in [3.63, 3.8) is 0 Å². The summed E-state index contributed by atoms with van der Waals surface area (Å²) in [5, 5.41) is 9.22. The van der Waals surface area contributed by atoms with E-state index in [2.05, 4.69) is 0 Å². The number of primary amides is 1. The molecular weight excluding hydrogens is 220 g/mol. The molecule has 1 saturated heterocycles. The molecule has 1 aliphatic heterocycles. The molecule has 0 aromatic carbocycles. The number of carboxylic acid groups (broad SMARTS) is 1. The highest BCUT2D eigenvalue weighted by atomic mass is 16.4. The fourth-order valence-electron chi connectivity index (χ4n) is 3.40. The molecule has 17 heavy (non-hydrogen) atoms. The molecule has 0 aromatic rings. The van der Waals surface area contributed by atoms with Crippen LogP contribution < -0.4 is 5.73 Å². The lowest BCUT2D eigenvalue weighted by Crippen LogP contribution is -2.57. The Bertz CT molecular complexity index is 319. The minimum atomic E-state index is -0.824. The van der Waals surface area contributed by atoms with E-state index >= 15 is 0 Å². The van der Waals surface area contributed by atoms with E-state index in [1.54, 1.807) is 0 Å². The summed E-state index contributed by atoms with van der Waals surface area (Å²) in [4.78, 5) is 24.2. The number of aliphatic carboxylic acids is 1. The molecular formula is C12H20N2O3. The Balaban J connectivity index is 2.15. The Kier molecular flexibility index (Phi) is 3.66. The van der Waals surface area contributed by atoms with E-state index in [9.17, 15) is 14.7 Å². The second kappa shape index (κ2) is 5.04. The zero-order valence-electron chi connectivity index (χ0n) is 9.97. The highest BCUT2D eigenvalue weighted by Crippen LogP contribution is 2.37. The molecule has 1 amide bonds. The molecule has 3 atom stereocenters. The van der Waals surface area contributed by atoms with E-state index in [4.69, 9.17) is 5.73 Å². The highest BCUT2D eigenvalue weighted by molar-refractivity contribution is 5.78. The molecule has 0 aromatic heterocycles. The number of fused-ring (bicyclic) bond motifs is 1. The first-order chi connectivity index (χ1) is 8.09. The Labute approximate surface area is 101 Å². The van der Waals surface area contributed by atoms with Gasteiger partial charge in [0.2, 0.25) is 5.91 Å². The lowest BCUT2D eigenvalue weighted by molar-refractivity contribution is -0.149. The van der Waals surface area contributed by atoms with Crippen molar-refractivity contribution in [2.24, 2.45) is 11.7 Å². The third-order valence-electron chi connectivity index (χ3n) is 4.13. The topological polar surface area (TPSA) is 83.6 Å². The van der Waals surface area contributed by atoms with Gasteiger partial charge in [0.05, 0.1) is 6.54 Å². The number of rotatable bonds is 3. The number of nitrogens with two attached hydrogens (primary N) is 1. The number of carboxylic acids is 1. The molecule has 2 rings (SSSR count). The van der Waals surface area contributed by atoms with Crippen molar-refractivity contribution in [3.05, 3.63) is 0 Å². The molecule has 1 aliphatic carbocycles. The Morgan fingerprint density at radius 3 is 2.53 bits per heavy atom. The summed E-state index contributed by atoms with van der Waals surface area (Å²) in [6, 6.07) is -0.284. The van der Waals surface area contributed by atoms with Crippen LogP contribution in [0.1, 0.15) is 38.5 Å². The van der Waals surface area contributed by atoms with Gasteiger partial charge in [-0.2, -0.15) is 0 Å². The van der Waals surface area contributed by atoms with Gasteiger partial charge in [-0.1, -0.05) is 12.8 Å². The monoisotopic (exact) mass is 240 g/mol. The Morgan fingerprint density at radius 2 is 1.88 bits per heavy atom. The minimum Gasteiger partial charge on any atom is -0.480 e. The van der Waals surface area contributed by atoms with Gasteiger partial charge in [0.15, 0.2) is 0 Å². The third kappa shape index (κ3) is 2.60. The van der Waals surface area contributed by atoms with E-state index in [0.717, 1.165) is 25.7 Å². The van der Waals surface area contributed by atoms with Gasteiger partial charge in [-0.25, -0.2) is 0 Å². The summed E-state index contributed by atoms with van der Waals surface area (Å²) < 4.78 is 0. The van der Waals surface area contributed by atoms with Crippen LogP contribution in [-0.4, -0.2) is 40.5 Å². The molecule has 1 saturated carbocycles. The summed E-state index contributed by atoms with van der Waals surface area (Å²) >= 11 is 0. The van der Waals surface area contributed by atoms with E-state index in [0.29, 0.717) is 12.3 Å². The quantitative estimate of drug-likeness (QED) is 0.755. The van der Waals surface area contributed by atoms with Gasteiger partial charge in [-0.05, 0) is 31.6 Å². The predicted octanol–water partition coefficient (Wildman–Crippen LogP) is 0.579. The van der Waals surface area contributed by atoms with Crippen molar-refractivity contribution in [1.82, 2.24) is 4.90 Å². The summed E-state index contributed by atoms with van der Waals surface area (Å²) in [5.74, 6) is -0.698. The summed E-state index contributed by atoms with van der Waals surface area (Å²) in [6.45, 7) is 0.0815. The molecule has 0 spiro atoms. The molecule has 0 bridgehead atoms. The van der Waals surface area contributed by atoms with Crippen molar-refractivity contribution in [2.45, 2.75) is 50.6 Å². The van der Waals surface area contributed by atoms with E-state index in [1.807, 2.05) is 4.90 Å².